The highest BCUT2D eigenvalue weighted by molar-refractivity contribution is 6.42. The fourth-order valence-corrected chi connectivity index (χ4v) is 3.88. The molecule has 0 fully saturated rings. The Bertz CT molecular complexity index is 1400. The van der Waals surface area contributed by atoms with E-state index >= 15 is 0 Å². The number of rotatable bonds is 6. The van der Waals surface area contributed by atoms with Crippen molar-refractivity contribution in [3.8, 4) is 11.5 Å². The van der Waals surface area contributed by atoms with Crippen LogP contribution in [-0.4, -0.2) is 30.3 Å². The van der Waals surface area contributed by atoms with E-state index in [0.717, 1.165) is 0 Å². The van der Waals surface area contributed by atoms with Crippen molar-refractivity contribution in [2.24, 2.45) is 0 Å². The van der Waals surface area contributed by atoms with Crippen molar-refractivity contribution in [2.45, 2.75) is 0 Å². The second kappa shape index (κ2) is 9.05. The highest BCUT2D eigenvalue weighted by Crippen LogP contribution is 2.33. The number of carbonyl (C=O) groups excluding carboxylic acids is 2. The van der Waals surface area contributed by atoms with E-state index in [0.29, 0.717) is 38.3 Å². The molecular weight excluding hydrogens is 465 g/mol. The normalized spacial score (nSPS) is 10.8. The summed E-state index contributed by atoms with van der Waals surface area (Å²) in [6.45, 7) is 0. The van der Waals surface area contributed by atoms with Crippen LogP contribution in [0.25, 0.3) is 5.52 Å². The molecule has 0 aliphatic rings. The third-order valence-corrected chi connectivity index (χ3v) is 5.89. The Morgan fingerprint density at radius 1 is 0.939 bits per heavy atom. The molecule has 4 aromatic rings. The summed E-state index contributed by atoms with van der Waals surface area (Å²) < 4.78 is 12.1. The van der Waals surface area contributed by atoms with Crippen LogP contribution in [-0.2, 0) is 0 Å². The fourth-order valence-electron chi connectivity index (χ4n) is 3.58. The van der Waals surface area contributed by atoms with Gasteiger partial charge in [-0.05, 0) is 48.5 Å². The predicted octanol–water partition coefficient (Wildman–Crippen LogP) is 5.33. The number of pyridine rings is 1. The Morgan fingerprint density at radius 2 is 1.70 bits per heavy atom. The molecule has 4 rings (SSSR count). The molecule has 0 spiro atoms. The number of aromatic nitrogens is 1. The lowest BCUT2D eigenvalue weighted by Gasteiger charge is -2.09. The van der Waals surface area contributed by atoms with Crippen LogP contribution in [0.5, 0.6) is 11.5 Å². The van der Waals surface area contributed by atoms with Crippen molar-refractivity contribution >= 4 is 51.8 Å². The van der Waals surface area contributed by atoms with Gasteiger partial charge in [0.15, 0.2) is 11.5 Å². The third-order valence-electron chi connectivity index (χ3n) is 5.15. The van der Waals surface area contributed by atoms with E-state index in [4.69, 9.17) is 38.4 Å². The summed E-state index contributed by atoms with van der Waals surface area (Å²) in [7, 11) is 3.00. The quantitative estimate of drug-likeness (QED) is 0.361. The second-order valence-electron chi connectivity index (χ2n) is 7.08. The third kappa shape index (κ3) is 4.08. The molecular formula is C24H19Cl2N3O4. The zero-order valence-corrected chi connectivity index (χ0v) is 19.2. The van der Waals surface area contributed by atoms with Gasteiger partial charge in [-0.3, -0.25) is 9.59 Å². The number of hydrogen-bond donors (Lipinski definition) is 2. The lowest BCUT2D eigenvalue weighted by Crippen LogP contribution is -2.14. The molecule has 0 saturated heterocycles. The largest absolute Gasteiger partial charge is 0.493 e. The number of methoxy groups -OCH3 is 2. The molecule has 33 heavy (non-hydrogen) atoms. The predicted molar refractivity (Wildman–Crippen MR) is 129 cm³/mol. The Labute approximate surface area is 199 Å². The second-order valence-corrected chi connectivity index (χ2v) is 7.89. The van der Waals surface area contributed by atoms with Crippen molar-refractivity contribution in [1.82, 2.24) is 4.40 Å². The monoisotopic (exact) mass is 483 g/mol. The van der Waals surface area contributed by atoms with Crippen molar-refractivity contribution in [2.75, 3.05) is 25.3 Å². The van der Waals surface area contributed by atoms with Gasteiger partial charge in [-0.2, -0.15) is 0 Å². The number of carbonyl (C=O) groups is 2. The zero-order chi connectivity index (χ0) is 23.7. The number of benzene rings is 2. The molecule has 0 radical (unpaired) electrons. The first-order chi connectivity index (χ1) is 15.8. The average molecular weight is 484 g/mol. The summed E-state index contributed by atoms with van der Waals surface area (Å²) in [5.74, 6) is 0.0355. The summed E-state index contributed by atoms with van der Waals surface area (Å²) in [5.41, 5.74) is 8.03. The van der Waals surface area contributed by atoms with E-state index in [2.05, 4.69) is 5.32 Å². The van der Waals surface area contributed by atoms with E-state index in [1.165, 1.54) is 20.3 Å². The van der Waals surface area contributed by atoms with Gasteiger partial charge in [-0.1, -0.05) is 29.3 Å². The van der Waals surface area contributed by atoms with Crippen LogP contribution in [0, 0.1) is 0 Å². The minimum atomic E-state index is -0.485. The number of amides is 1. The van der Waals surface area contributed by atoms with Crippen LogP contribution >= 0.6 is 23.2 Å². The summed E-state index contributed by atoms with van der Waals surface area (Å²) in [4.78, 5) is 26.6. The smallest absolute Gasteiger partial charge is 0.259 e. The fraction of sp³-hybridized carbons (Fsp3) is 0.0833. The molecule has 168 valence electrons. The lowest BCUT2D eigenvalue weighted by molar-refractivity contribution is 0.102. The minimum Gasteiger partial charge on any atom is -0.493 e. The molecule has 2 heterocycles. The Balaban J connectivity index is 1.80. The number of hydrogen-bond acceptors (Lipinski definition) is 5. The summed E-state index contributed by atoms with van der Waals surface area (Å²) in [5, 5.41) is 3.43. The van der Waals surface area contributed by atoms with Gasteiger partial charge in [-0.15, -0.1) is 0 Å². The number of halogens is 2. The zero-order valence-electron chi connectivity index (χ0n) is 17.7. The van der Waals surface area contributed by atoms with E-state index in [9.17, 15) is 9.59 Å². The molecule has 9 heteroatoms. The molecule has 0 saturated carbocycles. The molecule has 3 N–H and O–H groups in total. The topological polar surface area (TPSA) is 95.1 Å². The highest BCUT2D eigenvalue weighted by atomic mass is 35.5. The van der Waals surface area contributed by atoms with Crippen LogP contribution in [0.4, 0.5) is 11.4 Å². The minimum absolute atomic E-state index is 0.0542. The number of nitrogens with two attached hydrogens (primary N) is 1. The maximum Gasteiger partial charge on any atom is 0.259 e. The molecule has 2 aromatic heterocycles. The van der Waals surface area contributed by atoms with Gasteiger partial charge < -0.3 is 24.9 Å². The van der Waals surface area contributed by atoms with Crippen molar-refractivity contribution in [3.63, 3.8) is 0 Å². The van der Waals surface area contributed by atoms with Gasteiger partial charge in [-0.25, -0.2) is 0 Å². The van der Waals surface area contributed by atoms with Crippen molar-refractivity contribution in [1.29, 1.82) is 0 Å². The Kier molecular flexibility index (Phi) is 6.18. The number of nitrogens with one attached hydrogen (secondary N) is 1. The number of ether oxygens (including phenoxy) is 2. The van der Waals surface area contributed by atoms with Crippen LogP contribution in [0.2, 0.25) is 10.0 Å². The number of nitrogens with zero attached hydrogens (tertiary/aromatic N) is 1. The summed E-state index contributed by atoms with van der Waals surface area (Å²) in [6, 6.07) is 14.8. The SMILES string of the molecule is COc1ccc(C(=O)c2c(N)c(C(=O)Nc3ccc(Cl)c(Cl)c3)c3ccccn23)cc1OC. The van der Waals surface area contributed by atoms with Gasteiger partial charge >= 0.3 is 0 Å². The molecule has 0 bridgehead atoms. The Hall–Kier alpha value is -3.68. The molecule has 0 aliphatic heterocycles. The molecule has 2 aromatic carbocycles. The molecule has 1 amide bonds. The van der Waals surface area contributed by atoms with Crippen LogP contribution < -0.4 is 20.5 Å². The number of anilines is 2. The van der Waals surface area contributed by atoms with E-state index in [1.807, 2.05) is 0 Å². The Morgan fingerprint density at radius 3 is 2.39 bits per heavy atom. The molecule has 0 atom stereocenters. The van der Waals surface area contributed by atoms with Crippen LogP contribution in [0.15, 0.2) is 60.8 Å². The number of nitrogen functional groups attached to an aromatic ring is 1. The maximum atomic E-state index is 13.5. The lowest BCUT2D eigenvalue weighted by atomic mass is 10.1. The van der Waals surface area contributed by atoms with Gasteiger partial charge in [0.2, 0.25) is 5.78 Å². The molecule has 7 nitrogen and oxygen atoms in total. The van der Waals surface area contributed by atoms with Gasteiger partial charge in [0.05, 0.1) is 41.0 Å². The first-order valence-corrected chi connectivity index (χ1v) is 10.5. The first-order valence-electron chi connectivity index (χ1n) is 9.77. The number of fused-ring (bicyclic) bond motifs is 1. The summed E-state index contributed by atoms with van der Waals surface area (Å²) >= 11 is 12.0. The van der Waals surface area contributed by atoms with E-state index in [1.54, 1.807) is 59.1 Å². The van der Waals surface area contributed by atoms with E-state index < -0.39 is 5.91 Å². The van der Waals surface area contributed by atoms with Gasteiger partial charge in [0, 0.05) is 17.4 Å². The average Bonchev–Trinajstić information content (AvgIpc) is 3.12. The highest BCUT2D eigenvalue weighted by Gasteiger charge is 2.27. The van der Waals surface area contributed by atoms with Crippen molar-refractivity contribution in [3.05, 3.63) is 87.7 Å². The molecule has 0 unspecified atom stereocenters. The van der Waals surface area contributed by atoms with Crippen LogP contribution in [0.1, 0.15) is 26.4 Å². The van der Waals surface area contributed by atoms with Crippen molar-refractivity contribution < 1.29 is 19.1 Å². The van der Waals surface area contributed by atoms with Gasteiger partial charge in [0.25, 0.3) is 5.91 Å². The van der Waals surface area contributed by atoms with Gasteiger partial charge in [0.1, 0.15) is 5.69 Å². The first kappa shape index (κ1) is 22.5. The standard InChI is InChI=1S/C24H19Cl2N3O4/c1-32-18-9-6-13(11-19(18)33-2)23(30)22-21(27)20(17-5-3-4-10-29(17)22)24(31)28-14-7-8-15(25)16(26)12-14/h3-12H,27H2,1-2H3,(H,28,31). The maximum absolute atomic E-state index is 13.5. The summed E-state index contributed by atoms with van der Waals surface area (Å²) in [6.07, 6.45) is 1.68. The van der Waals surface area contributed by atoms with E-state index in [-0.39, 0.29) is 22.7 Å². The molecule has 0 aliphatic carbocycles. The number of ketones is 1. The van der Waals surface area contributed by atoms with Crippen LogP contribution in [0.3, 0.4) is 0 Å².